The van der Waals surface area contributed by atoms with Gasteiger partial charge in [-0.1, -0.05) is 18.2 Å². The van der Waals surface area contributed by atoms with Crippen molar-refractivity contribution in [1.29, 1.82) is 5.26 Å². The fourth-order valence-corrected chi connectivity index (χ4v) is 5.07. The summed E-state index contributed by atoms with van der Waals surface area (Å²) < 4.78 is 41.3. The molecule has 1 unspecified atom stereocenters. The molecular weight excluding hydrogens is 417 g/mol. The lowest BCUT2D eigenvalue weighted by Crippen LogP contribution is -2.44. The second-order valence-electron chi connectivity index (χ2n) is 8.90. The molecule has 0 spiro atoms. The van der Waals surface area contributed by atoms with Crippen LogP contribution in [0, 0.1) is 11.3 Å². The van der Waals surface area contributed by atoms with Crippen LogP contribution in [0.3, 0.4) is 0 Å². The van der Waals surface area contributed by atoms with Crippen LogP contribution in [0.25, 0.3) is 0 Å². The third-order valence-corrected chi connectivity index (χ3v) is 6.91. The fraction of sp³-hybridized carbons (Fsp3) is 0.500. The number of nitrogens with two attached hydrogens (primary N) is 1. The SMILES string of the molecule is N#CC1(c2cc(N3CCC(N4CCCC4)CC3)cc(C(F)(F)F)c2)C=CC=C(C(N)=O)C1. The van der Waals surface area contributed by atoms with Gasteiger partial charge in [0.2, 0.25) is 5.91 Å². The van der Waals surface area contributed by atoms with Crippen molar-refractivity contribution in [2.24, 2.45) is 5.73 Å². The summed E-state index contributed by atoms with van der Waals surface area (Å²) in [6.45, 7) is 3.55. The molecule has 0 bridgehead atoms. The monoisotopic (exact) mass is 444 g/mol. The third kappa shape index (κ3) is 4.40. The van der Waals surface area contributed by atoms with Gasteiger partial charge in [-0.3, -0.25) is 4.79 Å². The molecule has 1 aliphatic carbocycles. The Morgan fingerprint density at radius 1 is 1.12 bits per heavy atom. The standard InChI is InChI=1S/C24H27F3N4O/c25-24(26,27)19-12-18(23(16-28)7-3-4-17(15-23)22(29)32)13-21(14-19)31-10-5-20(6-11-31)30-8-1-2-9-30/h3-4,7,12-14,20H,1-2,5-6,8-11,15H2,(H2,29,32). The summed E-state index contributed by atoms with van der Waals surface area (Å²) >= 11 is 0. The van der Waals surface area contributed by atoms with Gasteiger partial charge in [0, 0.05) is 36.8 Å². The first-order valence-electron chi connectivity index (χ1n) is 11.0. The van der Waals surface area contributed by atoms with Gasteiger partial charge in [0.1, 0.15) is 5.41 Å². The van der Waals surface area contributed by atoms with E-state index in [-0.39, 0.29) is 17.6 Å². The van der Waals surface area contributed by atoms with E-state index in [1.165, 1.54) is 31.1 Å². The number of hydrogen-bond donors (Lipinski definition) is 1. The van der Waals surface area contributed by atoms with Crippen molar-refractivity contribution in [1.82, 2.24) is 4.90 Å². The molecule has 1 aromatic carbocycles. The van der Waals surface area contributed by atoms with E-state index in [1.807, 2.05) is 4.90 Å². The normalized spacial score (nSPS) is 24.9. The van der Waals surface area contributed by atoms with Gasteiger partial charge in [-0.2, -0.15) is 18.4 Å². The summed E-state index contributed by atoms with van der Waals surface area (Å²) in [5.74, 6) is -0.676. The molecule has 2 N–H and O–H groups in total. The van der Waals surface area contributed by atoms with E-state index in [0.29, 0.717) is 24.8 Å². The number of anilines is 1. The lowest BCUT2D eigenvalue weighted by molar-refractivity contribution is -0.137. The first-order chi connectivity index (χ1) is 15.2. The van der Waals surface area contributed by atoms with Crippen molar-refractivity contribution < 1.29 is 18.0 Å². The average molecular weight is 445 g/mol. The van der Waals surface area contributed by atoms with Crippen molar-refractivity contribution in [2.45, 2.75) is 49.7 Å². The van der Waals surface area contributed by atoms with Crippen LogP contribution in [0.2, 0.25) is 0 Å². The molecule has 3 aliphatic rings. The number of primary amides is 1. The number of nitrogens with zero attached hydrogens (tertiary/aromatic N) is 3. The Morgan fingerprint density at radius 3 is 2.41 bits per heavy atom. The number of amides is 1. The Bertz CT molecular complexity index is 980. The van der Waals surface area contributed by atoms with E-state index in [2.05, 4.69) is 11.0 Å². The predicted molar refractivity (Wildman–Crippen MR) is 116 cm³/mol. The number of likely N-dealkylation sites (tertiary alicyclic amines) is 1. The molecule has 0 radical (unpaired) electrons. The first kappa shape index (κ1) is 22.4. The maximum atomic E-state index is 13.8. The number of carbonyl (C=O) groups is 1. The Labute approximate surface area is 186 Å². The van der Waals surface area contributed by atoms with E-state index in [4.69, 9.17) is 5.73 Å². The summed E-state index contributed by atoms with van der Waals surface area (Å²) in [5, 5.41) is 9.96. The Hall–Kier alpha value is -2.79. The van der Waals surface area contributed by atoms with Crippen LogP contribution in [0.4, 0.5) is 18.9 Å². The van der Waals surface area contributed by atoms with Gasteiger partial charge in [0.05, 0.1) is 11.6 Å². The minimum atomic E-state index is -4.55. The van der Waals surface area contributed by atoms with Crippen molar-refractivity contribution in [2.75, 3.05) is 31.1 Å². The Morgan fingerprint density at radius 2 is 1.81 bits per heavy atom. The number of carbonyl (C=O) groups excluding carboxylic acids is 1. The number of benzene rings is 1. The number of allylic oxidation sites excluding steroid dienone is 3. The van der Waals surface area contributed by atoms with E-state index >= 15 is 0 Å². The second kappa shape index (κ2) is 8.62. The maximum Gasteiger partial charge on any atom is 0.416 e. The molecule has 8 heteroatoms. The van der Waals surface area contributed by atoms with Gasteiger partial charge in [-0.05, 0) is 62.5 Å². The van der Waals surface area contributed by atoms with Gasteiger partial charge in [-0.25, -0.2) is 0 Å². The van der Waals surface area contributed by atoms with Crippen LogP contribution in [0.15, 0.2) is 42.0 Å². The zero-order valence-corrected chi connectivity index (χ0v) is 17.9. The summed E-state index contributed by atoms with van der Waals surface area (Å²) in [4.78, 5) is 16.2. The van der Waals surface area contributed by atoms with Gasteiger partial charge >= 0.3 is 6.18 Å². The lowest BCUT2D eigenvalue weighted by Gasteiger charge is -2.38. The van der Waals surface area contributed by atoms with E-state index in [1.54, 1.807) is 12.1 Å². The molecular formula is C24H27F3N4O. The van der Waals surface area contributed by atoms with E-state index in [9.17, 15) is 23.2 Å². The molecule has 1 amide bonds. The van der Waals surface area contributed by atoms with Crippen LogP contribution >= 0.6 is 0 Å². The summed E-state index contributed by atoms with van der Waals surface area (Å²) in [5.41, 5.74) is 4.15. The quantitative estimate of drug-likeness (QED) is 0.765. The van der Waals surface area contributed by atoms with Gasteiger partial charge < -0.3 is 15.5 Å². The van der Waals surface area contributed by atoms with Gasteiger partial charge in [0.25, 0.3) is 0 Å². The summed E-state index contributed by atoms with van der Waals surface area (Å²) in [7, 11) is 0. The average Bonchev–Trinajstić information content (AvgIpc) is 3.33. The fourth-order valence-electron chi connectivity index (χ4n) is 5.07. The molecule has 0 aromatic heterocycles. The van der Waals surface area contributed by atoms with Crippen molar-refractivity contribution in [3.8, 4) is 6.07 Å². The number of alkyl halides is 3. The molecule has 4 rings (SSSR count). The van der Waals surface area contributed by atoms with E-state index in [0.717, 1.165) is 32.0 Å². The predicted octanol–water partition coefficient (Wildman–Crippen LogP) is 3.90. The highest BCUT2D eigenvalue weighted by Gasteiger charge is 2.38. The molecule has 1 aromatic rings. The maximum absolute atomic E-state index is 13.8. The minimum Gasteiger partial charge on any atom is -0.371 e. The number of hydrogen-bond acceptors (Lipinski definition) is 4. The molecule has 32 heavy (non-hydrogen) atoms. The zero-order valence-electron chi connectivity index (χ0n) is 17.9. The molecule has 170 valence electrons. The number of nitriles is 1. The highest BCUT2D eigenvalue weighted by Crippen LogP contribution is 2.41. The highest BCUT2D eigenvalue weighted by molar-refractivity contribution is 5.93. The van der Waals surface area contributed by atoms with Crippen molar-refractivity contribution in [3.05, 3.63) is 53.1 Å². The first-order valence-corrected chi connectivity index (χ1v) is 11.0. The molecule has 2 aliphatic heterocycles. The van der Waals surface area contributed by atoms with Crippen molar-refractivity contribution >= 4 is 11.6 Å². The number of rotatable bonds is 4. The number of halogens is 3. The van der Waals surface area contributed by atoms with Crippen LogP contribution in [0.1, 0.15) is 43.2 Å². The van der Waals surface area contributed by atoms with Crippen molar-refractivity contribution in [3.63, 3.8) is 0 Å². The van der Waals surface area contributed by atoms with Crippen LogP contribution in [-0.2, 0) is 16.4 Å². The molecule has 2 saturated heterocycles. The largest absolute Gasteiger partial charge is 0.416 e. The van der Waals surface area contributed by atoms with Crippen LogP contribution < -0.4 is 10.6 Å². The van der Waals surface area contributed by atoms with E-state index < -0.39 is 23.1 Å². The summed E-state index contributed by atoms with van der Waals surface area (Å²) in [6, 6.07) is 6.49. The smallest absolute Gasteiger partial charge is 0.371 e. The summed E-state index contributed by atoms with van der Waals surface area (Å²) in [6.07, 6.45) is 4.23. The second-order valence-corrected chi connectivity index (χ2v) is 8.90. The van der Waals surface area contributed by atoms with Crippen LogP contribution in [-0.4, -0.2) is 43.0 Å². The third-order valence-electron chi connectivity index (χ3n) is 6.91. The lowest BCUT2D eigenvalue weighted by atomic mass is 9.73. The zero-order chi connectivity index (χ0) is 22.9. The molecule has 5 nitrogen and oxygen atoms in total. The number of piperidine rings is 1. The van der Waals surface area contributed by atoms with Gasteiger partial charge in [-0.15, -0.1) is 0 Å². The molecule has 0 saturated carbocycles. The molecule has 2 heterocycles. The highest BCUT2D eigenvalue weighted by atomic mass is 19.4. The molecule has 2 fully saturated rings. The Kier molecular flexibility index (Phi) is 6.04. The van der Waals surface area contributed by atoms with Crippen LogP contribution in [0.5, 0.6) is 0 Å². The minimum absolute atomic E-state index is 0.0485. The van der Waals surface area contributed by atoms with Gasteiger partial charge in [0.15, 0.2) is 0 Å². The Balaban J connectivity index is 1.65. The topological polar surface area (TPSA) is 73.4 Å². The molecule has 1 atom stereocenters.